The molecule has 2 aromatic rings. The zero-order valence-electron chi connectivity index (χ0n) is 13.1. The first kappa shape index (κ1) is 15.6. The van der Waals surface area contributed by atoms with Crippen LogP contribution in [0, 0.1) is 0 Å². The molecule has 1 fully saturated rings. The minimum atomic E-state index is -1.06. The molecule has 2 aromatic carbocycles. The first-order valence-corrected chi connectivity index (χ1v) is 8.11. The summed E-state index contributed by atoms with van der Waals surface area (Å²) in [5.74, 6) is 0.800. The molecule has 0 spiro atoms. The number of piperidine rings is 1. The summed E-state index contributed by atoms with van der Waals surface area (Å²) in [6.45, 7) is 3.90. The zero-order chi connectivity index (χ0) is 16.1. The Morgan fingerprint density at radius 1 is 1.09 bits per heavy atom. The van der Waals surface area contributed by atoms with Crippen LogP contribution in [0.1, 0.15) is 19.3 Å². The van der Waals surface area contributed by atoms with E-state index in [2.05, 4.69) is 10.2 Å². The summed E-state index contributed by atoms with van der Waals surface area (Å²) in [6, 6.07) is 11.3. The lowest BCUT2D eigenvalue weighted by atomic mass is 10.1. The van der Waals surface area contributed by atoms with Crippen LogP contribution in [-0.2, 0) is 0 Å². The fourth-order valence-corrected chi connectivity index (χ4v) is 3.09. The summed E-state index contributed by atoms with van der Waals surface area (Å²) in [7, 11) is 0. The molecular formula is C18H22N2O3. The van der Waals surface area contributed by atoms with Crippen LogP contribution in [0.5, 0.6) is 5.75 Å². The third-order valence-electron chi connectivity index (χ3n) is 4.24. The lowest BCUT2D eigenvalue weighted by molar-refractivity contribution is 0.184. The highest BCUT2D eigenvalue weighted by Crippen LogP contribution is 2.31. The lowest BCUT2D eigenvalue weighted by Gasteiger charge is -2.26. The van der Waals surface area contributed by atoms with Crippen molar-refractivity contribution in [1.29, 1.82) is 0 Å². The van der Waals surface area contributed by atoms with Crippen LogP contribution < -0.4 is 10.1 Å². The van der Waals surface area contributed by atoms with E-state index in [-0.39, 0.29) is 0 Å². The van der Waals surface area contributed by atoms with Crippen molar-refractivity contribution in [3.05, 3.63) is 36.4 Å². The Morgan fingerprint density at radius 3 is 2.57 bits per heavy atom. The average molecular weight is 314 g/mol. The number of hydrogen-bond acceptors (Lipinski definition) is 3. The summed E-state index contributed by atoms with van der Waals surface area (Å²) < 4.78 is 5.97. The Bertz CT molecular complexity index is 681. The number of carbonyl (C=O) groups is 1. The maximum Gasteiger partial charge on any atom is 0.409 e. The van der Waals surface area contributed by atoms with Gasteiger partial charge in [0.15, 0.2) is 0 Å². The molecule has 0 unspecified atom stereocenters. The number of carboxylic acid groups (broad SMARTS) is 1. The van der Waals surface area contributed by atoms with Crippen LogP contribution in [-0.4, -0.2) is 42.3 Å². The third-order valence-corrected chi connectivity index (χ3v) is 4.24. The van der Waals surface area contributed by atoms with Crippen molar-refractivity contribution in [2.45, 2.75) is 19.3 Å². The summed E-state index contributed by atoms with van der Waals surface area (Å²) >= 11 is 0. The molecule has 1 heterocycles. The van der Waals surface area contributed by atoms with Crippen LogP contribution in [0.3, 0.4) is 0 Å². The number of hydrogen-bond donors (Lipinski definition) is 2. The van der Waals surface area contributed by atoms with Crippen LogP contribution in [0.15, 0.2) is 36.4 Å². The van der Waals surface area contributed by atoms with Crippen molar-refractivity contribution in [2.75, 3.05) is 31.6 Å². The third kappa shape index (κ3) is 3.93. The van der Waals surface area contributed by atoms with Gasteiger partial charge in [-0.1, -0.05) is 30.7 Å². The highest BCUT2D eigenvalue weighted by atomic mass is 16.5. The fourth-order valence-electron chi connectivity index (χ4n) is 3.09. The van der Waals surface area contributed by atoms with Gasteiger partial charge in [-0.25, -0.2) is 4.79 Å². The number of likely N-dealkylation sites (tertiary alicyclic amines) is 1. The maximum atomic E-state index is 10.9. The van der Waals surface area contributed by atoms with Crippen molar-refractivity contribution < 1.29 is 14.6 Å². The van der Waals surface area contributed by atoms with E-state index in [4.69, 9.17) is 9.84 Å². The molecule has 3 rings (SSSR count). The Morgan fingerprint density at radius 2 is 1.83 bits per heavy atom. The van der Waals surface area contributed by atoms with Gasteiger partial charge in [0.25, 0.3) is 0 Å². The molecule has 2 N–H and O–H groups in total. The second-order valence-electron chi connectivity index (χ2n) is 5.84. The van der Waals surface area contributed by atoms with Crippen molar-refractivity contribution in [3.63, 3.8) is 0 Å². The molecule has 0 atom stereocenters. The van der Waals surface area contributed by atoms with Gasteiger partial charge in [0.2, 0.25) is 0 Å². The molecule has 0 saturated carbocycles. The summed E-state index contributed by atoms with van der Waals surface area (Å²) in [6.07, 6.45) is 2.82. The molecule has 0 radical (unpaired) electrons. The zero-order valence-corrected chi connectivity index (χ0v) is 13.1. The molecule has 5 nitrogen and oxygen atoms in total. The Hall–Kier alpha value is -2.27. The van der Waals surface area contributed by atoms with E-state index in [1.165, 1.54) is 19.3 Å². The highest BCUT2D eigenvalue weighted by molar-refractivity contribution is 6.02. The van der Waals surface area contributed by atoms with Crippen LogP contribution in [0.25, 0.3) is 10.8 Å². The summed E-state index contributed by atoms with van der Waals surface area (Å²) in [5.41, 5.74) is 0.580. The number of fused-ring (bicyclic) bond motifs is 1. The predicted octanol–water partition coefficient (Wildman–Crippen LogP) is 3.79. The van der Waals surface area contributed by atoms with E-state index in [0.717, 1.165) is 36.2 Å². The van der Waals surface area contributed by atoms with Crippen molar-refractivity contribution in [1.82, 2.24) is 4.90 Å². The molecule has 1 saturated heterocycles. The number of nitrogens with zero attached hydrogens (tertiary/aromatic N) is 1. The molecule has 1 aliphatic heterocycles. The van der Waals surface area contributed by atoms with E-state index in [9.17, 15) is 4.79 Å². The quantitative estimate of drug-likeness (QED) is 0.881. The Kier molecular flexibility index (Phi) is 4.98. The number of benzene rings is 2. The predicted molar refractivity (Wildman–Crippen MR) is 91.4 cm³/mol. The number of nitrogens with one attached hydrogen (secondary N) is 1. The van der Waals surface area contributed by atoms with Gasteiger partial charge in [-0.15, -0.1) is 0 Å². The van der Waals surface area contributed by atoms with Crippen molar-refractivity contribution in [3.8, 4) is 5.75 Å². The van der Waals surface area contributed by atoms with E-state index < -0.39 is 6.09 Å². The topological polar surface area (TPSA) is 61.8 Å². The molecule has 1 amide bonds. The SMILES string of the molecule is O=C(O)Nc1ccc(OCCN2CCCCC2)c2ccccc12. The van der Waals surface area contributed by atoms with Crippen molar-refractivity contribution >= 4 is 22.6 Å². The fraction of sp³-hybridized carbons (Fsp3) is 0.389. The van der Waals surface area contributed by atoms with E-state index in [0.29, 0.717) is 12.3 Å². The second kappa shape index (κ2) is 7.33. The molecule has 1 aliphatic rings. The lowest BCUT2D eigenvalue weighted by Crippen LogP contribution is -2.33. The molecule has 0 aliphatic carbocycles. The average Bonchev–Trinajstić information content (AvgIpc) is 2.57. The highest BCUT2D eigenvalue weighted by Gasteiger charge is 2.11. The molecular weight excluding hydrogens is 292 g/mol. The molecule has 5 heteroatoms. The van der Waals surface area contributed by atoms with E-state index in [1.54, 1.807) is 6.07 Å². The summed E-state index contributed by atoms with van der Waals surface area (Å²) in [4.78, 5) is 13.3. The maximum absolute atomic E-state index is 10.9. The molecule has 23 heavy (non-hydrogen) atoms. The van der Waals surface area contributed by atoms with Gasteiger partial charge in [-0.3, -0.25) is 10.2 Å². The van der Waals surface area contributed by atoms with Gasteiger partial charge in [-0.05, 0) is 38.1 Å². The van der Waals surface area contributed by atoms with Crippen LogP contribution in [0.4, 0.5) is 10.5 Å². The van der Waals surface area contributed by atoms with Gasteiger partial charge in [0.05, 0.1) is 5.69 Å². The van der Waals surface area contributed by atoms with Gasteiger partial charge >= 0.3 is 6.09 Å². The Labute approximate surface area is 135 Å². The number of amides is 1. The molecule has 122 valence electrons. The minimum absolute atomic E-state index is 0.580. The largest absolute Gasteiger partial charge is 0.492 e. The Balaban J connectivity index is 1.72. The van der Waals surface area contributed by atoms with E-state index >= 15 is 0 Å². The number of ether oxygens (including phenoxy) is 1. The van der Waals surface area contributed by atoms with Gasteiger partial charge in [0.1, 0.15) is 12.4 Å². The van der Waals surface area contributed by atoms with Gasteiger partial charge in [0, 0.05) is 17.3 Å². The van der Waals surface area contributed by atoms with Gasteiger partial charge < -0.3 is 9.84 Å². The molecule has 0 aromatic heterocycles. The second-order valence-corrected chi connectivity index (χ2v) is 5.84. The first-order valence-electron chi connectivity index (χ1n) is 8.11. The standard InChI is InChI=1S/C18H22N2O3/c21-18(22)19-16-8-9-17(15-7-3-2-6-14(15)16)23-13-12-20-10-4-1-5-11-20/h2-3,6-9,19H,1,4-5,10-13H2,(H,21,22). The van der Waals surface area contributed by atoms with E-state index in [1.807, 2.05) is 30.3 Å². The number of rotatable bonds is 5. The number of anilines is 1. The van der Waals surface area contributed by atoms with Gasteiger partial charge in [-0.2, -0.15) is 0 Å². The normalized spacial score (nSPS) is 15.5. The van der Waals surface area contributed by atoms with Crippen LogP contribution in [0.2, 0.25) is 0 Å². The minimum Gasteiger partial charge on any atom is -0.492 e. The van der Waals surface area contributed by atoms with Crippen molar-refractivity contribution in [2.24, 2.45) is 0 Å². The first-order chi connectivity index (χ1) is 11.2. The monoisotopic (exact) mass is 314 g/mol. The summed E-state index contributed by atoms with van der Waals surface area (Å²) in [5, 5.41) is 13.1. The smallest absolute Gasteiger partial charge is 0.409 e. The van der Waals surface area contributed by atoms with Crippen LogP contribution >= 0.6 is 0 Å². The molecule has 0 bridgehead atoms.